The highest BCUT2D eigenvalue weighted by Gasteiger charge is 2.13. The topological polar surface area (TPSA) is 50.4 Å². The Morgan fingerprint density at radius 2 is 2.59 bits per heavy atom. The quantitative estimate of drug-likeness (QED) is 0.514. The van der Waals surface area contributed by atoms with E-state index >= 15 is 0 Å². The molecule has 96 valence electrons. The zero-order chi connectivity index (χ0) is 12.5. The van der Waals surface area contributed by atoms with E-state index in [0.717, 1.165) is 25.9 Å². The fourth-order valence-electron chi connectivity index (χ4n) is 1.58. The van der Waals surface area contributed by atoms with Gasteiger partial charge < -0.3 is 15.4 Å². The first-order valence-electron chi connectivity index (χ1n) is 6.13. The Morgan fingerprint density at radius 3 is 3.24 bits per heavy atom. The van der Waals surface area contributed by atoms with Crippen LogP contribution in [0.25, 0.3) is 0 Å². The largest absolute Gasteiger partial charge is 0.368 e. The molecule has 0 aromatic heterocycles. The number of rotatable bonds is 7. The molecule has 0 aliphatic carbocycles. The monoisotopic (exact) mass is 238 g/mol. The van der Waals surface area contributed by atoms with Crippen molar-refractivity contribution in [2.24, 2.45) is 0 Å². The highest BCUT2D eigenvalue weighted by molar-refractivity contribution is 5.80. The summed E-state index contributed by atoms with van der Waals surface area (Å²) in [5.41, 5.74) is 1.29. The number of carbonyl (C=O) groups excluding carboxylic acids is 1. The molecule has 1 amide bonds. The lowest BCUT2D eigenvalue weighted by atomic mass is 10.1. The predicted octanol–water partition coefficient (Wildman–Crippen LogP) is 1.00. The van der Waals surface area contributed by atoms with E-state index in [0.29, 0.717) is 13.2 Å². The van der Waals surface area contributed by atoms with Crippen LogP contribution in [0.4, 0.5) is 0 Å². The van der Waals surface area contributed by atoms with Crippen LogP contribution in [0.15, 0.2) is 24.3 Å². The van der Waals surface area contributed by atoms with Crippen LogP contribution in [0.2, 0.25) is 0 Å². The second-order valence-electron chi connectivity index (χ2n) is 4.12. The molecule has 4 heteroatoms. The van der Waals surface area contributed by atoms with Gasteiger partial charge in [0.05, 0.1) is 6.61 Å². The van der Waals surface area contributed by atoms with Crippen LogP contribution in [0.5, 0.6) is 0 Å². The number of hydrogen-bond acceptors (Lipinski definition) is 3. The molecule has 0 bridgehead atoms. The van der Waals surface area contributed by atoms with Gasteiger partial charge in [-0.1, -0.05) is 17.7 Å². The van der Waals surface area contributed by atoms with Crippen LogP contribution in [-0.2, 0) is 9.53 Å². The lowest BCUT2D eigenvalue weighted by Crippen LogP contribution is -2.36. The maximum Gasteiger partial charge on any atom is 0.249 e. The summed E-state index contributed by atoms with van der Waals surface area (Å²) >= 11 is 0. The highest BCUT2D eigenvalue weighted by Crippen LogP contribution is 2.02. The van der Waals surface area contributed by atoms with Gasteiger partial charge in [-0.3, -0.25) is 4.79 Å². The van der Waals surface area contributed by atoms with Crippen molar-refractivity contribution in [2.75, 3.05) is 26.2 Å². The van der Waals surface area contributed by atoms with E-state index in [1.165, 1.54) is 5.57 Å². The molecule has 1 aliphatic rings. The van der Waals surface area contributed by atoms with Crippen molar-refractivity contribution in [1.29, 1.82) is 0 Å². The van der Waals surface area contributed by atoms with E-state index in [1.807, 2.05) is 0 Å². The summed E-state index contributed by atoms with van der Waals surface area (Å²) in [6.07, 6.45) is 5.30. The molecule has 0 radical (unpaired) electrons. The minimum absolute atomic E-state index is 0.0477. The minimum Gasteiger partial charge on any atom is -0.368 e. The zero-order valence-corrected chi connectivity index (χ0v) is 10.5. The Kier molecular flexibility index (Phi) is 6.58. The van der Waals surface area contributed by atoms with Gasteiger partial charge in [-0.2, -0.15) is 0 Å². The Bertz CT molecular complexity index is 287. The molecule has 1 atom stereocenters. The van der Waals surface area contributed by atoms with Crippen LogP contribution < -0.4 is 10.6 Å². The SMILES string of the molecule is C=CCCOC(C)C(=O)NCC1=CCNCC1. The molecular formula is C13H22N2O2. The van der Waals surface area contributed by atoms with Gasteiger partial charge in [0, 0.05) is 13.1 Å². The molecule has 0 aromatic rings. The van der Waals surface area contributed by atoms with Crippen molar-refractivity contribution in [3.8, 4) is 0 Å². The number of ether oxygens (including phenoxy) is 1. The average molecular weight is 238 g/mol. The Labute approximate surface area is 103 Å². The van der Waals surface area contributed by atoms with Gasteiger partial charge >= 0.3 is 0 Å². The third-order valence-corrected chi connectivity index (χ3v) is 2.71. The van der Waals surface area contributed by atoms with Gasteiger partial charge in [0.15, 0.2) is 0 Å². The number of carbonyl (C=O) groups is 1. The summed E-state index contributed by atoms with van der Waals surface area (Å²) in [5, 5.41) is 6.13. The van der Waals surface area contributed by atoms with Crippen molar-refractivity contribution < 1.29 is 9.53 Å². The molecule has 1 unspecified atom stereocenters. The summed E-state index contributed by atoms with van der Waals surface area (Å²) in [4.78, 5) is 11.7. The number of hydrogen-bond donors (Lipinski definition) is 2. The predicted molar refractivity (Wildman–Crippen MR) is 68.8 cm³/mol. The van der Waals surface area contributed by atoms with Crippen LogP contribution in [0.1, 0.15) is 19.8 Å². The maximum absolute atomic E-state index is 11.7. The summed E-state index contributed by atoms with van der Waals surface area (Å²) in [5.74, 6) is -0.0477. The molecule has 1 rings (SSSR count). The van der Waals surface area contributed by atoms with E-state index in [-0.39, 0.29) is 5.91 Å². The first kappa shape index (κ1) is 13.9. The first-order chi connectivity index (χ1) is 8.24. The number of nitrogens with one attached hydrogen (secondary N) is 2. The van der Waals surface area contributed by atoms with Crippen LogP contribution in [0.3, 0.4) is 0 Å². The summed E-state index contributed by atoms with van der Waals surface area (Å²) in [6.45, 7) is 8.45. The fourth-order valence-corrected chi connectivity index (χ4v) is 1.58. The van der Waals surface area contributed by atoms with Gasteiger partial charge in [0.2, 0.25) is 5.91 Å². The molecule has 0 spiro atoms. The van der Waals surface area contributed by atoms with Gasteiger partial charge in [0.25, 0.3) is 0 Å². The Hall–Kier alpha value is -1.13. The average Bonchev–Trinajstić information content (AvgIpc) is 2.37. The van der Waals surface area contributed by atoms with Crippen LogP contribution in [-0.4, -0.2) is 38.3 Å². The summed E-state index contributed by atoms with van der Waals surface area (Å²) in [6, 6.07) is 0. The third-order valence-electron chi connectivity index (χ3n) is 2.71. The molecule has 0 fully saturated rings. The third kappa shape index (κ3) is 5.65. The number of amides is 1. The standard InChI is InChI=1S/C13H22N2O2/c1-3-4-9-17-11(2)13(16)15-10-12-5-7-14-8-6-12/h3,5,11,14H,1,4,6-10H2,2H3,(H,15,16). The van der Waals surface area contributed by atoms with Crippen LogP contribution in [0, 0.1) is 0 Å². The molecule has 1 aliphatic heterocycles. The fraction of sp³-hybridized carbons (Fsp3) is 0.615. The van der Waals surface area contributed by atoms with E-state index in [1.54, 1.807) is 13.0 Å². The lowest BCUT2D eigenvalue weighted by molar-refractivity contribution is -0.131. The van der Waals surface area contributed by atoms with Crippen molar-refractivity contribution in [3.63, 3.8) is 0 Å². The molecule has 1 heterocycles. The zero-order valence-electron chi connectivity index (χ0n) is 10.5. The van der Waals surface area contributed by atoms with Crippen LogP contribution >= 0.6 is 0 Å². The van der Waals surface area contributed by atoms with E-state index in [4.69, 9.17) is 4.74 Å². The molecule has 4 nitrogen and oxygen atoms in total. The van der Waals surface area contributed by atoms with Gasteiger partial charge in [-0.05, 0) is 26.3 Å². The molecule has 2 N–H and O–H groups in total. The lowest BCUT2D eigenvalue weighted by Gasteiger charge is -2.16. The second kappa shape index (κ2) is 8.03. The van der Waals surface area contributed by atoms with E-state index < -0.39 is 6.10 Å². The maximum atomic E-state index is 11.7. The van der Waals surface area contributed by atoms with Crippen molar-refractivity contribution in [1.82, 2.24) is 10.6 Å². The minimum atomic E-state index is -0.391. The van der Waals surface area contributed by atoms with E-state index in [2.05, 4.69) is 23.3 Å². The molecule has 0 aromatic carbocycles. The van der Waals surface area contributed by atoms with Crippen molar-refractivity contribution in [3.05, 3.63) is 24.3 Å². The van der Waals surface area contributed by atoms with Crippen molar-refractivity contribution in [2.45, 2.75) is 25.9 Å². The normalized spacial score (nSPS) is 17.1. The van der Waals surface area contributed by atoms with Gasteiger partial charge in [-0.25, -0.2) is 0 Å². The van der Waals surface area contributed by atoms with Crippen molar-refractivity contribution >= 4 is 5.91 Å². The second-order valence-corrected chi connectivity index (χ2v) is 4.12. The van der Waals surface area contributed by atoms with E-state index in [9.17, 15) is 4.79 Å². The highest BCUT2D eigenvalue weighted by atomic mass is 16.5. The molecule has 0 saturated carbocycles. The Morgan fingerprint density at radius 1 is 1.76 bits per heavy atom. The Balaban J connectivity index is 2.18. The first-order valence-corrected chi connectivity index (χ1v) is 6.13. The molecule has 0 saturated heterocycles. The molecule has 17 heavy (non-hydrogen) atoms. The summed E-state index contributed by atoms with van der Waals surface area (Å²) < 4.78 is 5.37. The smallest absolute Gasteiger partial charge is 0.249 e. The molecular weight excluding hydrogens is 216 g/mol. The van der Waals surface area contributed by atoms with Gasteiger partial charge in [-0.15, -0.1) is 6.58 Å². The summed E-state index contributed by atoms with van der Waals surface area (Å²) in [7, 11) is 0. The van der Waals surface area contributed by atoms with Gasteiger partial charge in [0.1, 0.15) is 6.10 Å².